The molecule has 0 spiro atoms. The fourth-order valence-electron chi connectivity index (χ4n) is 5.44. The predicted molar refractivity (Wildman–Crippen MR) is 154 cm³/mol. The van der Waals surface area contributed by atoms with Gasteiger partial charge in [0.25, 0.3) is 0 Å². The third kappa shape index (κ3) is 5.36. The lowest BCUT2D eigenvalue weighted by atomic mass is 9.98. The number of hydrogen-bond acceptors (Lipinski definition) is 6. The first kappa shape index (κ1) is 27.2. The van der Waals surface area contributed by atoms with E-state index in [1.54, 1.807) is 42.0 Å². The first-order valence-corrected chi connectivity index (χ1v) is 13.6. The van der Waals surface area contributed by atoms with Crippen molar-refractivity contribution in [3.05, 3.63) is 77.4 Å². The van der Waals surface area contributed by atoms with Gasteiger partial charge < -0.3 is 14.8 Å². The van der Waals surface area contributed by atoms with Gasteiger partial charge in [0.15, 0.2) is 0 Å². The summed E-state index contributed by atoms with van der Waals surface area (Å²) in [6.07, 6.45) is 3.97. The number of carbonyl (C=O) groups is 2. The summed E-state index contributed by atoms with van der Waals surface area (Å²) in [4.78, 5) is 30.2. The van der Waals surface area contributed by atoms with Gasteiger partial charge in [-0.25, -0.2) is 4.68 Å². The van der Waals surface area contributed by atoms with Crippen LogP contribution in [-0.2, 0) is 16.1 Å². The van der Waals surface area contributed by atoms with Crippen LogP contribution in [0.4, 0.5) is 5.69 Å². The molecule has 208 valence electrons. The average Bonchev–Trinajstić information content (AvgIpc) is 3.63. The summed E-state index contributed by atoms with van der Waals surface area (Å²) in [7, 11) is 3.13. The maximum absolute atomic E-state index is 14.4. The highest BCUT2D eigenvalue weighted by Crippen LogP contribution is 2.38. The number of nitrogens with one attached hydrogen (secondary N) is 1. The SMILES string of the molecule is COc1ccc(C(C(=O)NC2CCCC2)N(C(=O)Cn2nnc3ccccc32)c2cccc(C)c2C)c(OC)c1. The Bertz CT molecular complexity index is 1530. The van der Waals surface area contributed by atoms with E-state index in [4.69, 9.17) is 9.47 Å². The van der Waals surface area contributed by atoms with Crippen LogP contribution in [0.1, 0.15) is 48.4 Å². The van der Waals surface area contributed by atoms with E-state index in [9.17, 15) is 9.59 Å². The molecule has 9 heteroatoms. The predicted octanol–water partition coefficient (Wildman–Crippen LogP) is 4.90. The molecule has 3 aromatic carbocycles. The van der Waals surface area contributed by atoms with Crippen molar-refractivity contribution in [1.29, 1.82) is 0 Å². The van der Waals surface area contributed by atoms with Crippen molar-refractivity contribution < 1.29 is 19.1 Å². The van der Waals surface area contributed by atoms with Crippen molar-refractivity contribution in [3.8, 4) is 11.5 Å². The molecule has 40 heavy (non-hydrogen) atoms. The lowest BCUT2D eigenvalue weighted by Crippen LogP contribution is -2.47. The second kappa shape index (κ2) is 11.8. The first-order valence-electron chi connectivity index (χ1n) is 13.6. The highest BCUT2D eigenvalue weighted by atomic mass is 16.5. The fraction of sp³-hybridized carbons (Fsp3) is 0.355. The number of hydrogen-bond donors (Lipinski definition) is 1. The number of anilines is 1. The molecule has 1 aromatic heterocycles. The summed E-state index contributed by atoms with van der Waals surface area (Å²) >= 11 is 0. The average molecular weight is 542 g/mol. The fourth-order valence-corrected chi connectivity index (χ4v) is 5.44. The lowest BCUT2D eigenvalue weighted by molar-refractivity contribution is -0.127. The van der Waals surface area contributed by atoms with E-state index in [2.05, 4.69) is 15.6 Å². The molecule has 9 nitrogen and oxygen atoms in total. The van der Waals surface area contributed by atoms with Gasteiger partial charge in [-0.05, 0) is 68.1 Å². The monoisotopic (exact) mass is 541 g/mol. The maximum Gasteiger partial charge on any atom is 0.249 e. The minimum Gasteiger partial charge on any atom is -0.497 e. The summed E-state index contributed by atoms with van der Waals surface area (Å²) < 4.78 is 12.7. The van der Waals surface area contributed by atoms with Crippen molar-refractivity contribution in [2.45, 2.75) is 58.2 Å². The number of ether oxygens (including phenoxy) is 2. The zero-order valence-electron chi connectivity index (χ0n) is 23.4. The van der Waals surface area contributed by atoms with E-state index < -0.39 is 6.04 Å². The van der Waals surface area contributed by atoms with Crippen LogP contribution in [0.3, 0.4) is 0 Å². The van der Waals surface area contributed by atoms with Crippen LogP contribution in [0.2, 0.25) is 0 Å². The Morgan fingerprint density at radius 2 is 1.80 bits per heavy atom. The van der Waals surface area contributed by atoms with E-state index in [0.29, 0.717) is 28.3 Å². The van der Waals surface area contributed by atoms with Crippen LogP contribution in [-0.4, -0.2) is 47.1 Å². The van der Waals surface area contributed by atoms with Gasteiger partial charge in [-0.1, -0.05) is 42.3 Å². The van der Waals surface area contributed by atoms with Gasteiger partial charge >= 0.3 is 0 Å². The zero-order valence-corrected chi connectivity index (χ0v) is 23.4. The van der Waals surface area contributed by atoms with Crippen LogP contribution >= 0.6 is 0 Å². The smallest absolute Gasteiger partial charge is 0.249 e. The van der Waals surface area contributed by atoms with Gasteiger partial charge in [0, 0.05) is 23.4 Å². The molecule has 1 atom stereocenters. The quantitative estimate of drug-likeness (QED) is 0.324. The minimum atomic E-state index is -0.996. The highest BCUT2D eigenvalue weighted by molar-refractivity contribution is 6.02. The Morgan fingerprint density at radius 3 is 2.55 bits per heavy atom. The number of nitrogens with zero attached hydrogens (tertiary/aromatic N) is 4. The normalized spacial score (nSPS) is 14.2. The summed E-state index contributed by atoms with van der Waals surface area (Å²) in [5.41, 5.74) is 4.57. The number of amides is 2. The maximum atomic E-state index is 14.4. The van der Waals surface area contributed by atoms with Gasteiger partial charge in [0.1, 0.15) is 29.6 Å². The second-order valence-corrected chi connectivity index (χ2v) is 10.2. The summed E-state index contributed by atoms with van der Waals surface area (Å²) in [5.74, 6) is 0.497. The molecule has 1 aliphatic carbocycles. The van der Waals surface area contributed by atoms with E-state index in [-0.39, 0.29) is 24.4 Å². The number of carbonyl (C=O) groups excluding carboxylic acids is 2. The Kier molecular flexibility index (Phi) is 8.00. The van der Waals surface area contributed by atoms with Gasteiger partial charge in [-0.15, -0.1) is 5.10 Å². The summed E-state index contributed by atoms with van der Waals surface area (Å²) in [6.45, 7) is 3.86. The third-order valence-corrected chi connectivity index (χ3v) is 7.75. The van der Waals surface area contributed by atoms with Crippen molar-refractivity contribution >= 4 is 28.5 Å². The molecule has 2 amide bonds. The summed E-state index contributed by atoms with van der Waals surface area (Å²) in [5, 5.41) is 11.7. The molecule has 0 aliphatic heterocycles. The highest BCUT2D eigenvalue weighted by Gasteiger charge is 2.37. The van der Waals surface area contributed by atoms with E-state index in [0.717, 1.165) is 42.3 Å². The zero-order chi connectivity index (χ0) is 28.2. The Labute approximate surface area is 234 Å². The number of para-hydroxylation sites is 1. The van der Waals surface area contributed by atoms with Gasteiger partial charge in [0.2, 0.25) is 11.8 Å². The van der Waals surface area contributed by atoms with Crippen LogP contribution < -0.4 is 19.7 Å². The van der Waals surface area contributed by atoms with Crippen LogP contribution in [0.25, 0.3) is 11.0 Å². The molecule has 5 rings (SSSR count). The number of methoxy groups -OCH3 is 2. The standard InChI is InChI=1S/C31H35N5O4/c1-20-10-9-15-26(21(20)2)36(29(37)19-35-27-14-8-7-13-25(27)33-34-35)30(31(38)32-22-11-5-6-12-22)24-17-16-23(39-3)18-28(24)40-4/h7-10,13-18,22,30H,5-6,11-12,19H2,1-4H3,(H,32,38). The number of rotatable bonds is 9. The molecular formula is C31H35N5O4. The van der Waals surface area contributed by atoms with Crippen LogP contribution in [0.15, 0.2) is 60.7 Å². The topological polar surface area (TPSA) is 98.6 Å². The van der Waals surface area contributed by atoms with Crippen LogP contribution in [0, 0.1) is 13.8 Å². The molecule has 1 N–H and O–H groups in total. The molecule has 1 saturated carbocycles. The van der Waals surface area contributed by atoms with Gasteiger partial charge in [0.05, 0.1) is 19.7 Å². The lowest BCUT2D eigenvalue weighted by Gasteiger charge is -2.34. The number of aryl methyl sites for hydroxylation is 1. The molecule has 4 aromatic rings. The van der Waals surface area contributed by atoms with Gasteiger partial charge in [-0.2, -0.15) is 0 Å². The molecule has 1 unspecified atom stereocenters. The molecule has 0 bridgehead atoms. The van der Waals surface area contributed by atoms with Crippen molar-refractivity contribution in [2.75, 3.05) is 19.1 Å². The van der Waals surface area contributed by atoms with E-state index in [1.165, 1.54) is 0 Å². The largest absolute Gasteiger partial charge is 0.497 e. The number of benzene rings is 3. The Hall–Kier alpha value is -4.40. The molecule has 1 fully saturated rings. The number of fused-ring (bicyclic) bond motifs is 1. The minimum absolute atomic E-state index is 0.0639. The van der Waals surface area contributed by atoms with Crippen LogP contribution in [0.5, 0.6) is 11.5 Å². The molecule has 0 radical (unpaired) electrons. The summed E-state index contributed by atoms with van der Waals surface area (Å²) in [6, 6.07) is 17.7. The Morgan fingerprint density at radius 1 is 1.02 bits per heavy atom. The van der Waals surface area contributed by atoms with Crippen molar-refractivity contribution in [2.24, 2.45) is 0 Å². The first-order chi connectivity index (χ1) is 19.4. The Balaban J connectivity index is 1.65. The van der Waals surface area contributed by atoms with Gasteiger partial charge in [-0.3, -0.25) is 14.5 Å². The molecular weight excluding hydrogens is 506 g/mol. The van der Waals surface area contributed by atoms with Crippen molar-refractivity contribution in [3.63, 3.8) is 0 Å². The van der Waals surface area contributed by atoms with Crippen molar-refractivity contribution in [1.82, 2.24) is 20.3 Å². The third-order valence-electron chi connectivity index (χ3n) is 7.75. The molecule has 1 aliphatic rings. The van der Waals surface area contributed by atoms with E-state index >= 15 is 0 Å². The molecule has 0 saturated heterocycles. The molecule has 1 heterocycles. The second-order valence-electron chi connectivity index (χ2n) is 10.2. The number of aromatic nitrogens is 3. The van der Waals surface area contributed by atoms with E-state index in [1.807, 2.05) is 56.3 Å².